The summed E-state index contributed by atoms with van der Waals surface area (Å²) in [6, 6.07) is 2.93. The molecule has 11 heteroatoms. The number of halogens is 3. The average molecular weight is 434 g/mol. The zero-order valence-electron chi connectivity index (χ0n) is 17.2. The molecule has 1 amide bonds. The number of likely N-dealkylation sites (tertiary alicyclic amines) is 1. The van der Waals surface area contributed by atoms with Gasteiger partial charge in [-0.2, -0.15) is 23.3 Å². The lowest BCUT2D eigenvalue weighted by Crippen LogP contribution is -2.43. The summed E-state index contributed by atoms with van der Waals surface area (Å²) < 4.78 is 47.1. The maximum atomic E-state index is 13.5. The number of alkyl halides is 3. The largest absolute Gasteiger partial charge is 0.481 e. The molecule has 8 nitrogen and oxygen atoms in total. The number of nitrogens with zero attached hydrogens (tertiary/aromatic N) is 6. The number of hydrogen-bond acceptors (Lipinski definition) is 6. The Bertz CT molecular complexity index is 1130. The molecule has 0 saturated carbocycles. The number of fused-ring (bicyclic) bond motifs is 1. The molecule has 0 N–H and O–H groups in total. The van der Waals surface area contributed by atoms with Crippen LogP contribution in [0.25, 0.3) is 5.78 Å². The Balaban J connectivity index is 1.70. The molecular formula is C20H21F3N6O2. The number of amides is 1. The van der Waals surface area contributed by atoms with Gasteiger partial charge in [0.25, 0.3) is 11.7 Å². The van der Waals surface area contributed by atoms with Crippen LogP contribution in [0.15, 0.2) is 24.7 Å². The maximum absolute atomic E-state index is 13.5. The number of carbonyl (C=O) groups excluding carboxylic acids is 1. The Labute approximate surface area is 176 Å². The Kier molecular flexibility index (Phi) is 5.28. The van der Waals surface area contributed by atoms with Crippen LogP contribution in [-0.2, 0) is 6.18 Å². The summed E-state index contributed by atoms with van der Waals surface area (Å²) in [5, 5.41) is 4.23. The molecule has 1 saturated heterocycles. The molecule has 0 spiro atoms. The summed E-state index contributed by atoms with van der Waals surface area (Å²) in [5.74, 6) is -0.254. The van der Waals surface area contributed by atoms with Crippen molar-refractivity contribution >= 4 is 11.7 Å². The van der Waals surface area contributed by atoms with E-state index in [0.29, 0.717) is 24.9 Å². The SMILES string of the molecule is COc1cc(C(=O)N2CC[C@@H](C)[C@H](c3cc(C)nc4ncnn34)C2)c(C(F)(F)F)cn1. The van der Waals surface area contributed by atoms with Gasteiger partial charge in [0.1, 0.15) is 6.33 Å². The minimum atomic E-state index is -4.71. The second-order valence-corrected chi connectivity index (χ2v) is 7.69. The van der Waals surface area contributed by atoms with Crippen molar-refractivity contribution in [3.8, 4) is 5.88 Å². The Morgan fingerprint density at radius 2 is 2.03 bits per heavy atom. The number of piperidine rings is 1. The number of aromatic nitrogens is 5. The molecular weight excluding hydrogens is 413 g/mol. The molecule has 3 aromatic rings. The summed E-state index contributed by atoms with van der Waals surface area (Å²) >= 11 is 0. The van der Waals surface area contributed by atoms with Crippen LogP contribution in [0.2, 0.25) is 0 Å². The Hall–Kier alpha value is -3.24. The van der Waals surface area contributed by atoms with E-state index in [1.54, 1.807) is 4.52 Å². The molecule has 1 aliphatic rings. The van der Waals surface area contributed by atoms with E-state index in [0.717, 1.165) is 17.5 Å². The van der Waals surface area contributed by atoms with Crippen LogP contribution in [0.5, 0.6) is 5.88 Å². The van der Waals surface area contributed by atoms with E-state index in [1.807, 2.05) is 13.0 Å². The van der Waals surface area contributed by atoms with Gasteiger partial charge in [-0.15, -0.1) is 0 Å². The number of pyridine rings is 1. The van der Waals surface area contributed by atoms with Crippen molar-refractivity contribution in [3.63, 3.8) is 0 Å². The van der Waals surface area contributed by atoms with Gasteiger partial charge >= 0.3 is 6.18 Å². The second-order valence-electron chi connectivity index (χ2n) is 7.69. The highest BCUT2D eigenvalue weighted by Crippen LogP contribution is 2.36. The van der Waals surface area contributed by atoms with Gasteiger partial charge < -0.3 is 9.64 Å². The molecule has 2 atom stereocenters. The first-order valence-electron chi connectivity index (χ1n) is 9.76. The third kappa shape index (κ3) is 3.91. The lowest BCUT2D eigenvalue weighted by Gasteiger charge is -2.37. The summed E-state index contributed by atoms with van der Waals surface area (Å²) in [5.41, 5.74) is 0.0362. The molecule has 4 rings (SSSR count). The topological polar surface area (TPSA) is 85.5 Å². The van der Waals surface area contributed by atoms with Crippen molar-refractivity contribution in [2.24, 2.45) is 5.92 Å². The highest BCUT2D eigenvalue weighted by Gasteiger charge is 2.39. The fourth-order valence-corrected chi connectivity index (χ4v) is 3.98. The second kappa shape index (κ2) is 7.78. The monoisotopic (exact) mass is 434 g/mol. The van der Waals surface area contributed by atoms with Crippen molar-refractivity contribution in [1.29, 1.82) is 0 Å². The number of rotatable bonds is 3. The van der Waals surface area contributed by atoms with Gasteiger partial charge in [0.15, 0.2) is 0 Å². The minimum absolute atomic E-state index is 0.0487. The van der Waals surface area contributed by atoms with Gasteiger partial charge in [-0.05, 0) is 25.3 Å². The van der Waals surface area contributed by atoms with Crippen LogP contribution < -0.4 is 4.74 Å². The number of carbonyl (C=O) groups is 1. The van der Waals surface area contributed by atoms with E-state index in [1.165, 1.54) is 18.3 Å². The molecule has 0 aliphatic carbocycles. The van der Waals surface area contributed by atoms with Crippen LogP contribution in [0.4, 0.5) is 13.2 Å². The molecule has 4 heterocycles. The Morgan fingerprint density at radius 1 is 1.26 bits per heavy atom. The third-order valence-corrected chi connectivity index (χ3v) is 5.66. The lowest BCUT2D eigenvalue weighted by atomic mass is 9.84. The smallest absolute Gasteiger partial charge is 0.418 e. The van der Waals surface area contributed by atoms with Gasteiger partial charge in [-0.25, -0.2) is 14.5 Å². The maximum Gasteiger partial charge on any atom is 0.418 e. The lowest BCUT2D eigenvalue weighted by molar-refractivity contribution is -0.138. The number of ether oxygens (including phenoxy) is 1. The molecule has 1 aliphatic heterocycles. The first kappa shape index (κ1) is 21.0. The van der Waals surface area contributed by atoms with Crippen molar-refractivity contribution < 1.29 is 22.7 Å². The van der Waals surface area contributed by atoms with Crippen LogP contribution in [0, 0.1) is 12.8 Å². The van der Waals surface area contributed by atoms with E-state index < -0.39 is 23.2 Å². The first-order chi connectivity index (χ1) is 14.7. The predicted octanol–water partition coefficient (Wildman–Crippen LogP) is 3.12. The number of hydrogen-bond donors (Lipinski definition) is 0. The number of aryl methyl sites for hydroxylation is 1. The highest BCUT2D eigenvalue weighted by atomic mass is 19.4. The molecule has 0 radical (unpaired) electrons. The van der Waals surface area contributed by atoms with Crippen molar-refractivity contribution in [2.75, 3.05) is 20.2 Å². The van der Waals surface area contributed by atoms with Crippen molar-refractivity contribution in [3.05, 3.63) is 47.2 Å². The van der Waals surface area contributed by atoms with Gasteiger partial charge in [0.2, 0.25) is 5.88 Å². The molecule has 3 aromatic heterocycles. The van der Waals surface area contributed by atoms with E-state index in [9.17, 15) is 18.0 Å². The van der Waals surface area contributed by atoms with Crippen molar-refractivity contribution in [1.82, 2.24) is 29.5 Å². The number of methoxy groups -OCH3 is 1. The van der Waals surface area contributed by atoms with Crippen LogP contribution in [0.1, 0.15) is 46.6 Å². The summed E-state index contributed by atoms with van der Waals surface area (Å²) in [6.45, 7) is 4.50. The summed E-state index contributed by atoms with van der Waals surface area (Å²) in [6.07, 6.45) is -2.03. The molecule has 0 unspecified atom stereocenters. The zero-order valence-corrected chi connectivity index (χ0v) is 17.2. The summed E-state index contributed by atoms with van der Waals surface area (Å²) in [4.78, 5) is 26.7. The van der Waals surface area contributed by atoms with Gasteiger partial charge in [0.05, 0.1) is 23.9 Å². The third-order valence-electron chi connectivity index (χ3n) is 5.66. The van der Waals surface area contributed by atoms with Gasteiger partial charge in [-0.1, -0.05) is 6.92 Å². The molecule has 164 valence electrons. The van der Waals surface area contributed by atoms with E-state index in [4.69, 9.17) is 4.74 Å². The van der Waals surface area contributed by atoms with Gasteiger partial charge in [-0.3, -0.25) is 4.79 Å². The average Bonchev–Trinajstić information content (AvgIpc) is 3.20. The zero-order chi connectivity index (χ0) is 22.3. The first-order valence-corrected chi connectivity index (χ1v) is 9.76. The predicted molar refractivity (Wildman–Crippen MR) is 104 cm³/mol. The minimum Gasteiger partial charge on any atom is -0.481 e. The van der Waals surface area contributed by atoms with E-state index in [-0.39, 0.29) is 24.3 Å². The van der Waals surface area contributed by atoms with Crippen molar-refractivity contribution in [2.45, 2.75) is 32.4 Å². The standard InChI is InChI=1S/C20H21F3N6O2/c1-11-4-5-28(9-14(11)16-6-12(2)27-19-25-10-26-29(16)19)18(30)13-7-17(31-3)24-8-15(13)20(21,22)23/h6-8,10-11,14H,4-5,9H2,1-3H3/t11-,14-/m1/s1. The highest BCUT2D eigenvalue weighted by molar-refractivity contribution is 5.96. The normalized spacial score (nSPS) is 19.6. The molecule has 31 heavy (non-hydrogen) atoms. The van der Waals surface area contributed by atoms with Crippen LogP contribution >= 0.6 is 0 Å². The Morgan fingerprint density at radius 3 is 2.74 bits per heavy atom. The van der Waals surface area contributed by atoms with E-state index >= 15 is 0 Å². The fraction of sp³-hybridized carbons (Fsp3) is 0.450. The molecule has 0 bridgehead atoms. The quantitative estimate of drug-likeness (QED) is 0.630. The molecule has 1 fully saturated rings. The van der Waals surface area contributed by atoms with Gasteiger partial charge in [0, 0.05) is 37.0 Å². The van der Waals surface area contributed by atoms with Crippen LogP contribution in [-0.4, -0.2) is 55.6 Å². The van der Waals surface area contributed by atoms with E-state index in [2.05, 4.69) is 27.0 Å². The van der Waals surface area contributed by atoms with Crippen LogP contribution in [0.3, 0.4) is 0 Å². The fourth-order valence-electron chi connectivity index (χ4n) is 3.98. The summed E-state index contributed by atoms with van der Waals surface area (Å²) in [7, 11) is 1.29. The molecule has 0 aromatic carbocycles.